The largest absolute Gasteiger partial charge is 0.418 e. The Morgan fingerprint density at radius 3 is 2.84 bits per heavy atom. The van der Waals surface area contributed by atoms with E-state index >= 15 is 0 Å². The van der Waals surface area contributed by atoms with Gasteiger partial charge in [-0.05, 0) is 43.5 Å². The van der Waals surface area contributed by atoms with Gasteiger partial charge in [0.25, 0.3) is 5.91 Å². The van der Waals surface area contributed by atoms with Crippen molar-refractivity contribution >= 4 is 61.6 Å². The van der Waals surface area contributed by atoms with Crippen LogP contribution in [0.2, 0.25) is 5.28 Å². The number of likely N-dealkylation sites (N-methyl/N-ethyl adjacent to an activating group) is 1. The monoisotopic (exact) mass is 553 g/mol. The molecule has 0 saturated heterocycles. The minimum atomic E-state index is -0.171. The van der Waals surface area contributed by atoms with Crippen molar-refractivity contribution in [2.75, 3.05) is 32.1 Å². The van der Waals surface area contributed by atoms with Crippen molar-refractivity contribution in [3.8, 4) is 11.8 Å². The Balaban J connectivity index is 1.33. The van der Waals surface area contributed by atoms with Crippen molar-refractivity contribution in [3.63, 3.8) is 0 Å². The topological polar surface area (TPSA) is 131 Å². The summed E-state index contributed by atoms with van der Waals surface area (Å²) in [6.45, 7) is 3.19. The molecule has 2 amide bonds. The number of nitrogens with zero attached hydrogens (tertiary/aromatic N) is 5. The van der Waals surface area contributed by atoms with Gasteiger partial charge in [-0.1, -0.05) is 0 Å². The standard InChI is InChI=1S/C25H24ClN7O4S/c1-3-33(17(34)11-36-2)10-13-8-28-24(26)31-23(13)37-16-9-27-19-14(30-16)4-5-15-18(19)20-21(38-15)22(35)32-25(6-7-25)12-29-20/h4-5,8-9,29H,3,6-7,10-12H2,1-2H3,(H,32,35). The first-order chi connectivity index (χ1) is 18.4. The van der Waals surface area contributed by atoms with Gasteiger partial charge < -0.3 is 25.0 Å². The second-order valence-electron chi connectivity index (χ2n) is 9.32. The predicted octanol–water partition coefficient (Wildman–Crippen LogP) is 3.76. The first kappa shape index (κ1) is 24.7. The van der Waals surface area contributed by atoms with Crippen molar-refractivity contribution in [2.24, 2.45) is 0 Å². The molecule has 13 heteroatoms. The molecule has 1 fully saturated rings. The smallest absolute Gasteiger partial charge is 0.264 e. The Kier molecular flexibility index (Phi) is 6.25. The van der Waals surface area contributed by atoms with Gasteiger partial charge in [-0.25, -0.2) is 15.0 Å². The van der Waals surface area contributed by atoms with Crippen LogP contribution < -0.4 is 15.4 Å². The Hall–Kier alpha value is -3.61. The summed E-state index contributed by atoms with van der Waals surface area (Å²) in [5.41, 5.74) is 2.49. The summed E-state index contributed by atoms with van der Waals surface area (Å²) in [4.78, 5) is 45.1. The lowest BCUT2D eigenvalue weighted by Crippen LogP contribution is -2.39. The molecule has 3 aromatic heterocycles. The van der Waals surface area contributed by atoms with E-state index in [4.69, 9.17) is 21.1 Å². The zero-order valence-electron chi connectivity index (χ0n) is 20.7. The first-order valence-electron chi connectivity index (χ1n) is 12.1. The lowest BCUT2D eigenvalue weighted by Gasteiger charge is -2.21. The number of carbonyl (C=O) groups is 2. The number of hydrogen-bond acceptors (Lipinski definition) is 10. The van der Waals surface area contributed by atoms with Gasteiger partial charge in [-0.15, -0.1) is 11.3 Å². The van der Waals surface area contributed by atoms with Crippen molar-refractivity contribution in [3.05, 3.63) is 40.3 Å². The molecule has 1 aliphatic carbocycles. The number of ether oxygens (including phenoxy) is 2. The van der Waals surface area contributed by atoms with Crippen LogP contribution in [-0.4, -0.2) is 69.0 Å². The summed E-state index contributed by atoms with van der Waals surface area (Å²) < 4.78 is 11.9. The molecule has 4 heterocycles. The predicted molar refractivity (Wildman–Crippen MR) is 143 cm³/mol. The van der Waals surface area contributed by atoms with E-state index in [1.807, 2.05) is 19.1 Å². The Morgan fingerprint density at radius 1 is 1.24 bits per heavy atom. The Bertz CT molecular complexity index is 1590. The van der Waals surface area contributed by atoms with Crippen LogP contribution in [0.5, 0.6) is 11.8 Å². The number of halogens is 1. The first-order valence-corrected chi connectivity index (χ1v) is 13.3. The minimum absolute atomic E-state index is 0.00391. The summed E-state index contributed by atoms with van der Waals surface area (Å²) in [5.74, 6) is 0.169. The van der Waals surface area contributed by atoms with Gasteiger partial charge in [0.05, 0.1) is 40.6 Å². The average molecular weight is 554 g/mol. The zero-order valence-corrected chi connectivity index (χ0v) is 22.3. The lowest BCUT2D eigenvalue weighted by molar-refractivity contribution is -0.135. The molecule has 2 N–H and O–H groups in total. The van der Waals surface area contributed by atoms with Crippen LogP contribution in [-0.2, 0) is 16.1 Å². The van der Waals surface area contributed by atoms with Gasteiger partial charge in [-0.2, -0.15) is 4.98 Å². The van der Waals surface area contributed by atoms with Gasteiger partial charge in [0.2, 0.25) is 23.0 Å². The summed E-state index contributed by atoms with van der Waals surface area (Å²) in [5, 5.41) is 7.53. The van der Waals surface area contributed by atoms with Crippen LogP contribution in [0.4, 0.5) is 5.69 Å². The molecule has 1 saturated carbocycles. The van der Waals surface area contributed by atoms with Gasteiger partial charge in [-0.3, -0.25) is 9.59 Å². The van der Waals surface area contributed by atoms with Gasteiger partial charge in [0.15, 0.2) is 0 Å². The summed E-state index contributed by atoms with van der Waals surface area (Å²) in [6.07, 6.45) is 4.99. The number of anilines is 1. The van der Waals surface area contributed by atoms with E-state index in [2.05, 4.69) is 30.6 Å². The average Bonchev–Trinajstić information content (AvgIpc) is 3.58. The highest BCUT2D eigenvalue weighted by molar-refractivity contribution is 7.21. The summed E-state index contributed by atoms with van der Waals surface area (Å²) in [6, 6.07) is 3.79. The van der Waals surface area contributed by atoms with Crippen LogP contribution >= 0.6 is 22.9 Å². The number of rotatable bonds is 7. The van der Waals surface area contributed by atoms with Crippen molar-refractivity contribution < 1.29 is 19.1 Å². The van der Waals surface area contributed by atoms with Crippen molar-refractivity contribution in [1.82, 2.24) is 30.2 Å². The zero-order chi connectivity index (χ0) is 26.4. The van der Waals surface area contributed by atoms with Crippen LogP contribution in [0.25, 0.3) is 21.1 Å². The fraction of sp³-hybridized carbons (Fsp3) is 0.360. The van der Waals surface area contributed by atoms with Gasteiger partial charge >= 0.3 is 0 Å². The number of nitrogens with one attached hydrogen (secondary N) is 2. The molecule has 11 nitrogen and oxygen atoms in total. The molecule has 38 heavy (non-hydrogen) atoms. The molecule has 1 spiro atoms. The number of fused-ring (bicyclic) bond motifs is 5. The van der Waals surface area contributed by atoms with Crippen LogP contribution in [0.1, 0.15) is 35.0 Å². The number of hydrogen-bond donors (Lipinski definition) is 2. The fourth-order valence-electron chi connectivity index (χ4n) is 4.54. The molecule has 0 radical (unpaired) electrons. The van der Waals surface area contributed by atoms with Gasteiger partial charge in [0, 0.05) is 36.5 Å². The van der Waals surface area contributed by atoms with E-state index < -0.39 is 0 Å². The number of benzene rings is 1. The number of thiophene rings is 1. The second kappa shape index (κ2) is 9.61. The third-order valence-electron chi connectivity index (χ3n) is 6.74. The van der Waals surface area contributed by atoms with Crippen LogP contribution in [0.15, 0.2) is 24.5 Å². The van der Waals surface area contributed by atoms with E-state index in [0.717, 1.165) is 28.6 Å². The maximum atomic E-state index is 12.9. The molecule has 4 aromatic rings. The Labute approximate surface area is 226 Å². The maximum Gasteiger partial charge on any atom is 0.264 e. The second-order valence-corrected chi connectivity index (χ2v) is 10.7. The number of amides is 2. The quantitative estimate of drug-likeness (QED) is 0.328. The molecule has 6 rings (SSSR count). The van der Waals surface area contributed by atoms with Crippen LogP contribution in [0.3, 0.4) is 0 Å². The van der Waals surface area contributed by atoms with Gasteiger partial charge in [0.1, 0.15) is 11.5 Å². The highest BCUT2D eigenvalue weighted by atomic mass is 35.5. The fourth-order valence-corrected chi connectivity index (χ4v) is 5.75. The molecular formula is C25H24ClN7O4S. The minimum Gasteiger partial charge on any atom is -0.418 e. The maximum absolute atomic E-state index is 12.9. The SMILES string of the molecule is CCN(Cc1cnc(Cl)nc1Oc1cnc2c(ccc3sc4c(c32)NCC2(CC2)NC4=O)n1)C(=O)COC. The summed E-state index contributed by atoms with van der Waals surface area (Å²) in [7, 11) is 1.47. The number of carbonyl (C=O) groups excluding carboxylic acids is 2. The molecular weight excluding hydrogens is 530 g/mol. The lowest BCUT2D eigenvalue weighted by atomic mass is 10.1. The van der Waals surface area contributed by atoms with Crippen molar-refractivity contribution in [2.45, 2.75) is 31.8 Å². The highest BCUT2D eigenvalue weighted by Gasteiger charge is 2.46. The molecule has 0 unspecified atom stereocenters. The van der Waals surface area contributed by atoms with E-state index in [1.165, 1.54) is 30.8 Å². The molecule has 0 atom stereocenters. The molecule has 196 valence electrons. The third-order valence-corrected chi connectivity index (χ3v) is 8.08. The Morgan fingerprint density at radius 2 is 2.08 bits per heavy atom. The molecule has 2 aliphatic rings. The van der Waals surface area contributed by atoms with E-state index in [0.29, 0.717) is 34.6 Å². The van der Waals surface area contributed by atoms with E-state index in [1.54, 1.807) is 4.90 Å². The normalized spacial score (nSPS) is 15.6. The van der Waals surface area contributed by atoms with E-state index in [-0.39, 0.29) is 47.5 Å². The number of methoxy groups -OCH3 is 1. The third kappa shape index (κ3) is 4.48. The molecule has 1 aromatic carbocycles. The van der Waals surface area contributed by atoms with E-state index in [9.17, 15) is 9.59 Å². The number of aromatic nitrogens is 4. The summed E-state index contributed by atoms with van der Waals surface area (Å²) >= 11 is 7.50. The van der Waals surface area contributed by atoms with Crippen LogP contribution in [0, 0.1) is 0 Å². The van der Waals surface area contributed by atoms with Crippen molar-refractivity contribution in [1.29, 1.82) is 0 Å². The highest BCUT2D eigenvalue weighted by Crippen LogP contribution is 2.44. The molecule has 1 aliphatic heterocycles. The molecule has 0 bridgehead atoms.